The molecule has 0 saturated heterocycles. The Labute approximate surface area is 170 Å². The SMILES string of the molecule is C=C1Cc2cc(-c3cc(F)c(Cn4cnc5cccnc5c4=O)c(F)c3)ccc2N1. The molecule has 0 fully saturated rings. The molecule has 2 aromatic carbocycles. The summed E-state index contributed by atoms with van der Waals surface area (Å²) in [4.78, 5) is 20.7. The molecule has 1 N–H and O–H groups in total. The largest absolute Gasteiger partial charge is 0.359 e. The number of rotatable bonds is 3. The van der Waals surface area contributed by atoms with E-state index in [1.165, 1.54) is 24.7 Å². The predicted octanol–water partition coefficient (Wildman–Crippen LogP) is 4.27. The number of allylic oxidation sites excluding steroid dienone is 1. The Hall–Kier alpha value is -3.87. The van der Waals surface area contributed by atoms with Crippen LogP contribution in [0, 0.1) is 11.6 Å². The number of nitrogens with zero attached hydrogens (tertiary/aromatic N) is 3. The molecule has 7 heteroatoms. The van der Waals surface area contributed by atoms with Gasteiger partial charge in [0.1, 0.15) is 11.6 Å². The smallest absolute Gasteiger partial charge is 0.280 e. The van der Waals surface area contributed by atoms with Crippen LogP contribution in [0.25, 0.3) is 22.2 Å². The fourth-order valence-corrected chi connectivity index (χ4v) is 3.70. The molecule has 1 aliphatic rings. The highest BCUT2D eigenvalue weighted by molar-refractivity contribution is 5.73. The number of aromatic nitrogens is 3. The van der Waals surface area contributed by atoms with Crippen LogP contribution in [0.3, 0.4) is 0 Å². The van der Waals surface area contributed by atoms with E-state index in [0.717, 1.165) is 21.5 Å². The minimum Gasteiger partial charge on any atom is -0.359 e. The monoisotopic (exact) mass is 402 g/mol. The molecule has 0 bridgehead atoms. The lowest BCUT2D eigenvalue weighted by molar-refractivity contribution is 0.541. The Bertz CT molecular complexity index is 1370. The van der Waals surface area contributed by atoms with Crippen molar-refractivity contribution in [3.8, 4) is 11.1 Å². The summed E-state index contributed by atoms with van der Waals surface area (Å²) in [5.41, 5.74) is 3.96. The summed E-state index contributed by atoms with van der Waals surface area (Å²) in [7, 11) is 0. The maximum Gasteiger partial charge on any atom is 0.280 e. The Morgan fingerprint density at radius 2 is 1.87 bits per heavy atom. The van der Waals surface area contributed by atoms with Crippen molar-refractivity contribution >= 4 is 16.7 Å². The number of pyridine rings is 1. The first-order chi connectivity index (χ1) is 14.5. The van der Waals surface area contributed by atoms with Crippen LogP contribution >= 0.6 is 0 Å². The molecule has 1 aliphatic heterocycles. The summed E-state index contributed by atoms with van der Waals surface area (Å²) < 4.78 is 30.8. The summed E-state index contributed by atoms with van der Waals surface area (Å²) in [6.45, 7) is 3.63. The number of fused-ring (bicyclic) bond motifs is 2. The van der Waals surface area contributed by atoms with Gasteiger partial charge >= 0.3 is 0 Å². The fourth-order valence-electron chi connectivity index (χ4n) is 3.70. The van der Waals surface area contributed by atoms with Crippen LogP contribution in [0.2, 0.25) is 0 Å². The van der Waals surface area contributed by atoms with Crippen molar-refractivity contribution in [2.75, 3.05) is 5.32 Å². The molecule has 4 aromatic rings. The van der Waals surface area contributed by atoms with Crippen LogP contribution < -0.4 is 10.9 Å². The van der Waals surface area contributed by atoms with Crippen molar-refractivity contribution in [2.45, 2.75) is 13.0 Å². The second kappa shape index (κ2) is 6.88. The number of halogens is 2. The van der Waals surface area contributed by atoms with Gasteiger partial charge in [0, 0.05) is 29.6 Å². The van der Waals surface area contributed by atoms with E-state index < -0.39 is 17.2 Å². The molecule has 0 atom stereocenters. The Morgan fingerprint density at radius 3 is 2.67 bits per heavy atom. The van der Waals surface area contributed by atoms with Gasteiger partial charge in [-0.05, 0) is 53.1 Å². The van der Waals surface area contributed by atoms with Crippen molar-refractivity contribution < 1.29 is 8.78 Å². The van der Waals surface area contributed by atoms with Crippen molar-refractivity contribution in [1.29, 1.82) is 0 Å². The normalized spacial score (nSPS) is 12.8. The molecule has 5 rings (SSSR count). The summed E-state index contributed by atoms with van der Waals surface area (Å²) in [5, 5.41) is 3.17. The Morgan fingerprint density at radius 1 is 1.07 bits per heavy atom. The van der Waals surface area contributed by atoms with Crippen LogP contribution in [0.1, 0.15) is 11.1 Å². The van der Waals surface area contributed by atoms with Gasteiger partial charge in [-0.2, -0.15) is 0 Å². The topological polar surface area (TPSA) is 59.8 Å². The van der Waals surface area contributed by atoms with Gasteiger partial charge in [0.25, 0.3) is 5.56 Å². The molecule has 0 unspecified atom stereocenters. The molecule has 0 aliphatic carbocycles. The van der Waals surface area contributed by atoms with Crippen molar-refractivity contribution in [2.24, 2.45) is 0 Å². The van der Waals surface area contributed by atoms with Gasteiger partial charge in [0.05, 0.1) is 18.4 Å². The standard InChI is InChI=1S/C23H16F2N4O/c1-13-7-16-8-14(4-5-20(16)28-13)15-9-18(24)17(19(25)10-15)11-29-12-27-21-3-2-6-26-22(21)23(29)30/h2-6,8-10,12,28H,1,7,11H2. The van der Waals surface area contributed by atoms with Gasteiger partial charge in [0.15, 0.2) is 5.52 Å². The second-order valence-corrected chi connectivity index (χ2v) is 7.24. The molecule has 0 spiro atoms. The zero-order valence-corrected chi connectivity index (χ0v) is 15.8. The highest BCUT2D eigenvalue weighted by atomic mass is 19.1. The zero-order valence-electron chi connectivity index (χ0n) is 15.8. The first kappa shape index (κ1) is 18.2. The molecule has 0 amide bonds. The van der Waals surface area contributed by atoms with Crippen molar-refractivity contribution in [3.05, 3.63) is 100 Å². The molecular formula is C23H16F2N4O. The Balaban J connectivity index is 1.51. The molecule has 2 aromatic heterocycles. The van der Waals surface area contributed by atoms with Crippen LogP contribution in [-0.2, 0) is 13.0 Å². The zero-order chi connectivity index (χ0) is 20.8. The predicted molar refractivity (Wildman–Crippen MR) is 111 cm³/mol. The van der Waals surface area contributed by atoms with Crippen molar-refractivity contribution in [1.82, 2.24) is 14.5 Å². The maximum absolute atomic E-state index is 14.8. The van der Waals surface area contributed by atoms with E-state index in [2.05, 4.69) is 21.9 Å². The van der Waals surface area contributed by atoms with E-state index in [1.54, 1.807) is 12.1 Å². The van der Waals surface area contributed by atoms with Gasteiger partial charge < -0.3 is 5.32 Å². The second-order valence-electron chi connectivity index (χ2n) is 7.24. The van der Waals surface area contributed by atoms with Crippen molar-refractivity contribution in [3.63, 3.8) is 0 Å². The average Bonchev–Trinajstić information content (AvgIpc) is 3.11. The van der Waals surface area contributed by atoms with Gasteiger partial charge in [-0.1, -0.05) is 12.6 Å². The molecule has 30 heavy (non-hydrogen) atoms. The number of hydrogen-bond acceptors (Lipinski definition) is 4. The first-order valence-electron chi connectivity index (χ1n) is 9.36. The maximum atomic E-state index is 14.8. The van der Waals surface area contributed by atoms with E-state index >= 15 is 0 Å². The summed E-state index contributed by atoms with van der Waals surface area (Å²) >= 11 is 0. The Kier molecular flexibility index (Phi) is 4.17. The summed E-state index contributed by atoms with van der Waals surface area (Å²) in [5.74, 6) is -1.44. The molecule has 0 saturated carbocycles. The molecule has 5 nitrogen and oxygen atoms in total. The van der Waals surface area contributed by atoms with E-state index in [-0.39, 0.29) is 17.6 Å². The molecule has 3 heterocycles. The van der Waals surface area contributed by atoms with Crippen LogP contribution in [0.15, 0.2) is 72.1 Å². The third-order valence-electron chi connectivity index (χ3n) is 5.21. The van der Waals surface area contributed by atoms with E-state index in [1.807, 2.05) is 18.2 Å². The molecule has 0 radical (unpaired) electrons. The van der Waals surface area contributed by atoms with Gasteiger partial charge in [-0.25, -0.2) is 18.7 Å². The number of nitrogens with one attached hydrogen (secondary N) is 1. The average molecular weight is 402 g/mol. The van der Waals surface area contributed by atoms with Gasteiger partial charge in [-0.15, -0.1) is 0 Å². The van der Waals surface area contributed by atoms with Gasteiger partial charge in [0.2, 0.25) is 0 Å². The van der Waals surface area contributed by atoms with E-state index in [4.69, 9.17) is 0 Å². The third kappa shape index (κ3) is 3.04. The fraction of sp³-hybridized carbons (Fsp3) is 0.0870. The highest BCUT2D eigenvalue weighted by Gasteiger charge is 2.17. The number of benzene rings is 2. The van der Waals surface area contributed by atoms with E-state index in [0.29, 0.717) is 23.1 Å². The minimum atomic E-state index is -0.721. The van der Waals surface area contributed by atoms with Crippen LogP contribution in [0.4, 0.5) is 14.5 Å². The number of hydrogen-bond donors (Lipinski definition) is 1. The summed E-state index contributed by atoms with van der Waals surface area (Å²) in [6, 6.07) is 11.5. The molecule has 148 valence electrons. The highest BCUT2D eigenvalue weighted by Crippen LogP contribution is 2.32. The third-order valence-corrected chi connectivity index (χ3v) is 5.21. The summed E-state index contributed by atoms with van der Waals surface area (Å²) in [6.07, 6.45) is 3.44. The van der Waals surface area contributed by atoms with E-state index in [9.17, 15) is 13.6 Å². The lowest BCUT2D eigenvalue weighted by atomic mass is 9.99. The lowest BCUT2D eigenvalue weighted by Crippen LogP contribution is -2.23. The first-order valence-corrected chi connectivity index (χ1v) is 9.36. The van der Waals surface area contributed by atoms with Crippen LogP contribution in [-0.4, -0.2) is 14.5 Å². The lowest BCUT2D eigenvalue weighted by Gasteiger charge is -2.11. The molecular weight excluding hydrogens is 386 g/mol. The number of anilines is 1. The van der Waals surface area contributed by atoms with Crippen LogP contribution in [0.5, 0.6) is 0 Å². The quantitative estimate of drug-likeness (QED) is 0.556. The minimum absolute atomic E-state index is 0.158. The van der Waals surface area contributed by atoms with Gasteiger partial charge in [-0.3, -0.25) is 9.36 Å².